The van der Waals surface area contributed by atoms with Gasteiger partial charge in [-0.2, -0.15) is 0 Å². The molecule has 0 aliphatic heterocycles. The van der Waals surface area contributed by atoms with Crippen molar-refractivity contribution in [1.29, 1.82) is 0 Å². The highest BCUT2D eigenvalue weighted by Gasteiger charge is 2.27. The van der Waals surface area contributed by atoms with Crippen LogP contribution < -0.4 is 10.1 Å². The van der Waals surface area contributed by atoms with Crippen molar-refractivity contribution >= 4 is 11.8 Å². The van der Waals surface area contributed by atoms with Gasteiger partial charge in [-0.25, -0.2) is 0 Å². The third kappa shape index (κ3) is 5.87. The largest absolute Gasteiger partial charge is 0.497 e. The fourth-order valence-electron chi connectivity index (χ4n) is 2.34. The number of benzene rings is 1. The number of nitrogens with zero attached hydrogens (tertiary/aromatic N) is 1. The van der Waals surface area contributed by atoms with Crippen LogP contribution in [0.4, 0.5) is 0 Å². The Labute approximate surface area is 145 Å². The van der Waals surface area contributed by atoms with Crippen molar-refractivity contribution in [2.75, 3.05) is 13.7 Å². The lowest BCUT2D eigenvalue weighted by Gasteiger charge is -2.30. The molecule has 0 radical (unpaired) electrons. The molecule has 1 aromatic rings. The second-order valence-electron chi connectivity index (χ2n) is 6.29. The summed E-state index contributed by atoms with van der Waals surface area (Å²) in [6, 6.07) is 7.06. The van der Waals surface area contributed by atoms with Crippen molar-refractivity contribution in [2.24, 2.45) is 5.92 Å². The molecule has 0 unspecified atom stereocenters. The van der Waals surface area contributed by atoms with E-state index in [0.717, 1.165) is 24.2 Å². The molecule has 2 amide bonds. The van der Waals surface area contributed by atoms with E-state index in [1.54, 1.807) is 18.9 Å². The summed E-state index contributed by atoms with van der Waals surface area (Å²) in [6.07, 6.45) is 1.96. The number of carbonyl (C=O) groups excluding carboxylic acids is 2. The number of carbonyl (C=O) groups is 2. The average Bonchev–Trinajstić information content (AvgIpc) is 2.59. The molecule has 0 heterocycles. The molecule has 0 aromatic heterocycles. The van der Waals surface area contributed by atoms with E-state index < -0.39 is 6.04 Å². The number of methoxy groups -OCH3 is 1. The third-order valence-corrected chi connectivity index (χ3v) is 3.97. The minimum Gasteiger partial charge on any atom is -0.497 e. The summed E-state index contributed by atoms with van der Waals surface area (Å²) in [5.41, 5.74) is 0.970. The number of hydrogen-bond acceptors (Lipinski definition) is 3. The van der Waals surface area contributed by atoms with E-state index in [9.17, 15) is 9.59 Å². The standard InChI is InChI=1S/C19H30N2O3/c1-6-7-12-20-18(22)15(4)21(19(23)14(2)3)13-16-8-10-17(24-5)11-9-16/h8-11,14-15H,6-7,12-13H2,1-5H3,(H,20,22)/t15-/m0/s1. The minimum atomic E-state index is -0.501. The zero-order valence-corrected chi connectivity index (χ0v) is 15.5. The van der Waals surface area contributed by atoms with Gasteiger partial charge in [0.2, 0.25) is 11.8 Å². The molecule has 1 atom stereocenters. The van der Waals surface area contributed by atoms with E-state index in [4.69, 9.17) is 4.74 Å². The summed E-state index contributed by atoms with van der Waals surface area (Å²) in [4.78, 5) is 26.6. The second kappa shape index (κ2) is 9.96. The number of rotatable bonds is 9. The first-order chi connectivity index (χ1) is 11.4. The van der Waals surface area contributed by atoms with Crippen LogP contribution in [0.3, 0.4) is 0 Å². The van der Waals surface area contributed by atoms with Crippen molar-refractivity contribution < 1.29 is 14.3 Å². The summed E-state index contributed by atoms with van der Waals surface area (Å²) in [5.74, 6) is 0.481. The fraction of sp³-hybridized carbons (Fsp3) is 0.579. The Kier molecular flexibility index (Phi) is 8.30. The number of unbranched alkanes of at least 4 members (excludes halogenated alkanes) is 1. The maximum absolute atomic E-state index is 12.6. The molecule has 5 heteroatoms. The molecular weight excluding hydrogens is 304 g/mol. The highest BCUT2D eigenvalue weighted by atomic mass is 16.5. The van der Waals surface area contributed by atoms with E-state index in [2.05, 4.69) is 12.2 Å². The van der Waals surface area contributed by atoms with E-state index in [1.165, 1.54) is 0 Å². The molecule has 0 saturated heterocycles. The van der Waals surface area contributed by atoms with Crippen molar-refractivity contribution in [1.82, 2.24) is 10.2 Å². The molecule has 0 spiro atoms. The number of amides is 2. The van der Waals surface area contributed by atoms with E-state index in [-0.39, 0.29) is 17.7 Å². The Morgan fingerprint density at radius 3 is 2.29 bits per heavy atom. The molecule has 1 rings (SSSR count). The lowest BCUT2D eigenvalue weighted by Crippen LogP contribution is -2.49. The van der Waals surface area contributed by atoms with Gasteiger partial charge in [-0.15, -0.1) is 0 Å². The second-order valence-corrected chi connectivity index (χ2v) is 6.29. The van der Waals surface area contributed by atoms with Crippen molar-refractivity contribution in [3.8, 4) is 5.75 Å². The van der Waals surface area contributed by atoms with Gasteiger partial charge in [0, 0.05) is 19.0 Å². The quantitative estimate of drug-likeness (QED) is 0.706. The van der Waals surface area contributed by atoms with Gasteiger partial charge >= 0.3 is 0 Å². The lowest BCUT2D eigenvalue weighted by atomic mass is 10.1. The zero-order valence-electron chi connectivity index (χ0n) is 15.5. The normalized spacial score (nSPS) is 11.9. The number of ether oxygens (including phenoxy) is 1. The first kappa shape index (κ1) is 20.0. The maximum atomic E-state index is 12.6. The van der Waals surface area contributed by atoms with Crippen molar-refractivity contribution in [3.05, 3.63) is 29.8 Å². The van der Waals surface area contributed by atoms with Gasteiger partial charge in [-0.3, -0.25) is 9.59 Å². The van der Waals surface area contributed by atoms with Gasteiger partial charge in [-0.1, -0.05) is 39.3 Å². The molecule has 134 valence electrons. The highest BCUT2D eigenvalue weighted by molar-refractivity contribution is 5.88. The van der Waals surface area contributed by atoms with Crippen molar-refractivity contribution in [2.45, 2.75) is 53.1 Å². The van der Waals surface area contributed by atoms with E-state index in [0.29, 0.717) is 13.1 Å². The molecular formula is C19H30N2O3. The van der Waals surface area contributed by atoms with Gasteiger partial charge in [-0.05, 0) is 31.0 Å². The SMILES string of the molecule is CCCCNC(=O)[C@H](C)N(Cc1ccc(OC)cc1)C(=O)C(C)C. The third-order valence-electron chi connectivity index (χ3n) is 3.97. The Hall–Kier alpha value is -2.04. The Morgan fingerprint density at radius 2 is 1.79 bits per heavy atom. The molecule has 1 N–H and O–H groups in total. The van der Waals surface area contributed by atoms with Crippen LogP contribution in [0.1, 0.15) is 46.1 Å². The predicted molar refractivity (Wildman–Crippen MR) is 95.8 cm³/mol. The molecule has 0 aliphatic carbocycles. The summed E-state index contributed by atoms with van der Waals surface area (Å²) in [6.45, 7) is 8.62. The molecule has 5 nitrogen and oxygen atoms in total. The zero-order chi connectivity index (χ0) is 18.1. The van der Waals surface area contributed by atoms with Crippen LogP contribution in [0.2, 0.25) is 0 Å². The first-order valence-electron chi connectivity index (χ1n) is 8.61. The van der Waals surface area contributed by atoms with Crippen LogP contribution in [0.25, 0.3) is 0 Å². The average molecular weight is 334 g/mol. The Bertz CT molecular complexity index is 526. The van der Waals surface area contributed by atoms with Gasteiger partial charge < -0.3 is 15.0 Å². The van der Waals surface area contributed by atoms with Gasteiger partial charge in [0.1, 0.15) is 11.8 Å². The maximum Gasteiger partial charge on any atom is 0.242 e. The number of nitrogens with one attached hydrogen (secondary N) is 1. The summed E-state index contributed by atoms with van der Waals surface area (Å²) < 4.78 is 5.16. The molecule has 0 aliphatic rings. The highest BCUT2D eigenvalue weighted by Crippen LogP contribution is 2.16. The fourth-order valence-corrected chi connectivity index (χ4v) is 2.34. The monoisotopic (exact) mass is 334 g/mol. The van der Waals surface area contributed by atoms with Gasteiger partial charge in [0.05, 0.1) is 7.11 Å². The molecule has 24 heavy (non-hydrogen) atoms. The Balaban J connectivity index is 2.86. The smallest absolute Gasteiger partial charge is 0.242 e. The van der Waals surface area contributed by atoms with Crippen LogP contribution in [-0.2, 0) is 16.1 Å². The van der Waals surface area contributed by atoms with Crippen LogP contribution in [-0.4, -0.2) is 36.4 Å². The van der Waals surface area contributed by atoms with Gasteiger partial charge in [0.25, 0.3) is 0 Å². The van der Waals surface area contributed by atoms with Crippen LogP contribution in [0.5, 0.6) is 5.75 Å². The predicted octanol–water partition coefficient (Wildman–Crippen LogP) is 2.98. The minimum absolute atomic E-state index is 0.0241. The molecule has 0 fully saturated rings. The van der Waals surface area contributed by atoms with Gasteiger partial charge in [0.15, 0.2) is 0 Å². The van der Waals surface area contributed by atoms with Crippen LogP contribution in [0.15, 0.2) is 24.3 Å². The van der Waals surface area contributed by atoms with Crippen LogP contribution >= 0.6 is 0 Å². The summed E-state index contributed by atoms with van der Waals surface area (Å²) in [7, 11) is 1.62. The van der Waals surface area contributed by atoms with E-state index >= 15 is 0 Å². The summed E-state index contributed by atoms with van der Waals surface area (Å²) in [5, 5.41) is 2.91. The topological polar surface area (TPSA) is 58.6 Å². The van der Waals surface area contributed by atoms with E-state index in [1.807, 2.05) is 38.1 Å². The number of hydrogen-bond donors (Lipinski definition) is 1. The first-order valence-corrected chi connectivity index (χ1v) is 8.61. The molecule has 0 saturated carbocycles. The molecule has 1 aromatic carbocycles. The Morgan fingerprint density at radius 1 is 1.17 bits per heavy atom. The summed E-state index contributed by atoms with van der Waals surface area (Å²) >= 11 is 0. The van der Waals surface area contributed by atoms with Crippen LogP contribution in [0, 0.1) is 5.92 Å². The lowest BCUT2D eigenvalue weighted by molar-refractivity contribution is -0.143. The molecule has 0 bridgehead atoms. The van der Waals surface area contributed by atoms with Crippen molar-refractivity contribution in [3.63, 3.8) is 0 Å².